The molecular formula is C17H16BrClOS. The van der Waals surface area contributed by atoms with E-state index < -0.39 is 0 Å². The molecule has 0 saturated carbocycles. The highest BCUT2D eigenvalue weighted by molar-refractivity contribution is 9.10. The number of alkyl halides is 1. The fraction of sp³-hybridized carbons (Fsp3) is 0.294. The van der Waals surface area contributed by atoms with Crippen LogP contribution in [-0.2, 0) is 12.3 Å². The van der Waals surface area contributed by atoms with Crippen molar-refractivity contribution in [1.29, 1.82) is 0 Å². The monoisotopic (exact) mass is 382 g/mol. The first-order valence-electron chi connectivity index (χ1n) is 6.89. The quantitative estimate of drug-likeness (QED) is 0.636. The predicted octanol–water partition coefficient (Wildman–Crippen LogP) is 5.59. The van der Waals surface area contributed by atoms with Gasteiger partial charge in [0.05, 0.1) is 5.88 Å². The van der Waals surface area contributed by atoms with Crippen LogP contribution in [0, 0.1) is 6.92 Å². The van der Waals surface area contributed by atoms with Gasteiger partial charge in [0.2, 0.25) is 0 Å². The second kappa shape index (κ2) is 6.64. The first-order chi connectivity index (χ1) is 10.2. The zero-order chi connectivity index (χ0) is 14.8. The van der Waals surface area contributed by atoms with E-state index in [1.165, 1.54) is 10.5 Å². The third-order valence-electron chi connectivity index (χ3n) is 3.59. The molecule has 1 unspecified atom stereocenters. The van der Waals surface area contributed by atoms with E-state index in [0.29, 0.717) is 17.7 Å². The Kier molecular flexibility index (Phi) is 4.82. The number of halogens is 2. The Morgan fingerprint density at radius 2 is 2.14 bits per heavy atom. The molecular weight excluding hydrogens is 368 g/mol. The number of hydrogen-bond donors (Lipinski definition) is 0. The summed E-state index contributed by atoms with van der Waals surface area (Å²) in [5, 5.41) is 0.480. The Morgan fingerprint density at radius 3 is 2.90 bits per heavy atom. The summed E-state index contributed by atoms with van der Waals surface area (Å²) in [7, 11) is 0. The van der Waals surface area contributed by atoms with E-state index in [1.54, 1.807) is 0 Å². The summed E-state index contributed by atoms with van der Waals surface area (Å²) in [5.74, 6) is 1.40. The molecule has 3 rings (SSSR count). The van der Waals surface area contributed by atoms with Crippen LogP contribution in [0.3, 0.4) is 0 Å². The van der Waals surface area contributed by atoms with Crippen LogP contribution in [0.4, 0.5) is 0 Å². The van der Waals surface area contributed by atoms with Gasteiger partial charge in [-0.15, -0.1) is 23.4 Å². The van der Waals surface area contributed by atoms with Gasteiger partial charge in [-0.05, 0) is 42.7 Å². The maximum Gasteiger partial charge on any atom is 0.126 e. The van der Waals surface area contributed by atoms with Gasteiger partial charge >= 0.3 is 0 Å². The lowest BCUT2D eigenvalue weighted by molar-refractivity contribution is 0.313. The highest BCUT2D eigenvalue weighted by atomic mass is 79.9. The van der Waals surface area contributed by atoms with Gasteiger partial charge in [-0.1, -0.05) is 34.1 Å². The average Bonchev–Trinajstić information content (AvgIpc) is 2.88. The molecule has 1 aliphatic rings. The standard InChI is InChI=1S/C17H16BrClOS/c1-11-6-14(18)7-13(9-19)17(11)20-10-15-8-12-4-2-3-5-16(12)21-15/h2-7,15H,8-10H2,1H3. The van der Waals surface area contributed by atoms with Crippen LogP contribution in [0.2, 0.25) is 0 Å². The van der Waals surface area contributed by atoms with E-state index in [-0.39, 0.29) is 0 Å². The van der Waals surface area contributed by atoms with Crippen molar-refractivity contribution in [3.05, 3.63) is 57.6 Å². The van der Waals surface area contributed by atoms with E-state index >= 15 is 0 Å². The molecule has 1 aliphatic heterocycles. The summed E-state index contributed by atoms with van der Waals surface area (Å²) in [4.78, 5) is 1.39. The molecule has 0 aromatic heterocycles. The summed E-state index contributed by atoms with van der Waals surface area (Å²) < 4.78 is 7.15. The molecule has 0 fully saturated rings. The van der Waals surface area contributed by atoms with Gasteiger partial charge in [-0.2, -0.15) is 0 Å². The van der Waals surface area contributed by atoms with Crippen LogP contribution in [0.15, 0.2) is 45.8 Å². The molecule has 0 spiro atoms. The predicted molar refractivity (Wildman–Crippen MR) is 93.7 cm³/mol. The molecule has 0 aliphatic carbocycles. The van der Waals surface area contributed by atoms with E-state index in [2.05, 4.69) is 53.2 Å². The number of aryl methyl sites for hydroxylation is 1. The van der Waals surface area contributed by atoms with Gasteiger partial charge in [0, 0.05) is 20.2 Å². The van der Waals surface area contributed by atoms with Gasteiger partial charge < -0.3 is 4.74 Å². The minimum atomic E-state index is 0.466. The highest BCUT2D eigenvalue weighted by Crippen LogP contribution is 2.37. The Hall–Kier alpha value is -0.640. The number of hydrogen-bond acceptors (Lipinski definition) is 2. The summed E-state index contributed by atoms with van der Waals surface area (Å²) >= 11 is 11.5. The zero-order valence-corrected chi connectivity index (χ0v) is 14.9. The van der Waals surface area contributed by atoms with E-state index in [9.17, 15) is 0 Å². The van der Waals surface area contributed by atoms with Crippen LogP contribution in [-0.4, -0.2) is 11.9 Å². The maximum atomic E-state index is 6.10. The topological polar surface area (TPSA) is 9.23 Å². The minimum absolute atomic E-state index is 0.466. The summed E-state index contributed by atoms with van der Waals surface area (Å²) in [6, 6.07) is 12.7. The molecule has 2 aromatic rings. The van der Waals surface area contributed by atoms with Gasteiger partial charge in [-0.25, -0.2) is 0 Å². The van der Waals surface area contributed by atoms with Gasteiger partial charge in [-0.3, -0.25) is 0 Å². The van der Waals surface area contributed by atoms with Crippen molar-refractivity contribution in [3.63, 3.8) is 0 Å². The lowest BCUT2D eigenvalue weighted by Gasteiger charge is -2.16. The molecule has 0 bridgehead atoms. The minimum Gasteiger partial charge on any atom is -0.492 e. The number of rotatable bonds is 4. The molecule has 0 saturated heterocycles. The second-order valence-electron chi connectivity index (χ2n) is 5.21. The Bertz CT molecular complexity index is 634. The number of thioether (sulfide) groups is 1. The summed E-state index contributed by atoms with van der Waals surface area (Å²) in [6.45, 7) is 2.78. The van der Waals surface area contributed by atoms with Crippen molar-refractivity contribution in [1.82, 2.24) is 0 Å². The molecule has 1 atom stereocenters. The molecule has 0 radical (unpaired) electrons. The van der Waals surface area contributed by atoms with Gasteiger partial charge in [0.15, 0.2) is 0 Å². The largest absolute Gasteiger partial charge is 0.492 e. The lowest BCUT2D eigenvalue weighted by atomic mass is 10.1. The molecule has 2 aromatic carbocycles. The van der Waals surface area contributed by atoms with Gasteiger partial charge in [0.25, 0.3) is 0 Å². The smallest absolute Gasteiger partial charge is 0.126 e. The fourth-order valence-corrected chi connectivity index (χ4v) is 4.66. The third kappa shape index (κ3) is 3.41. The van der Waals surface area contributed by atoms with Gasteiger partial charge in [0.1, 0.15) is 12.4 Å². The molecule has 110 valence electrons. The number of benzene rings is 2. The van der Waals surface area contributed by atoms with Crippen LogP contribution < -0.4 is 4.74 Å². The van der Waals surface area contributed by atoms with Crippen molar-refractivity contribution in [2.75, 3.05) is 6.61 Å². The lowest BCUT2D eigenvalue weighted by Crippen LogP contribution is -2.14. The molecule has 1 nitrogen and oxygen atoms in total. The average molecular weight is 384 g/mol. The zero-order valence-electron chi connectivity index (χ0n) is 11.7. The SMILES string of the molecule is Cc1cc(Br)cc(CCl)c1OCC1Cc2ccccc2S1. The molecule has 0 N–H and O–H groups in total. The van der Waals surface area contributed by atoms with Crippen LogP contribution in [0.1, 0.15) is 16.7 Å². The van der Waals surface area contributed by atoms with Crippen LogP contribution in [0.5, 0.6) is 5.75 Å². The first kappa shape index (κ1) is 15.3. The van der Waals surface area contributed by atoms with Crippen molar-refractivity contribution < 1.29 is 4.74 Å². The fourth-order valence-electron chi connectivity index (χ4n) is 2.63. The maximum absolute atomic E-state index is 6.10. The summed E-state index contributed by atoms with van der Waals surface area (Å²) in [6.07, 6.45) is 1.08. The van der Waals surface area contributed by atoms with E-state index in [4.69, 9.17) is 16.3 Å². The van der Waals surface area contributed by atoms with Crippen molar-refractivity contribution in [3.8, 4) is 5.75 Å². The first-order valence-corrected chi connectivity index (χ1v) is 9.10. The molecule has 0 amide bonds. The van der Waals surface area contributed by atoms with Crippen LogP contribution in [0.25, 0.3) is 0 Å². The summed E-state index contributed by atoms with van der Waals surface area (Å²) in [5.41, 5.74) is 3.60. The highest BCUT2D eigenvalue weighted by Gasteiger charge is 2.23. The van der Waals surface area contributed by atoms with Crippen molar-refractivity contribution in [2.24, 2.45) is 0 Å². The van der Waals surface area contributed by atoms with E-state index in [1.807, 2.05) is 17.8 Å². The third-order valence-corrected chi connectivity index (χ3v) is 5.62. The van der Waals surface area contributed by atoms with Crippen molar-refractivity contribution in [2.45, 2.75) is 29.4 Å². The van der Waals surface area contributed by atoms with Crippen LogP contribution >= 0.6 is 39.3 Å². The van der Waals surface area contributed by atoms with Crippen molar-refractivity contribution >= 4 is 39.3 Å². The normalized spacial score (nSPS) is 16.8. The molecule has 1 heterocycles. The number of ether oxygens (including phenoxy) is 1. The Labute approximate surface area is 143 Å². The Morgan fingerprint density at radius 1 is 1.33 bits per heavy atom. The molecule has 21 heavy (non-hydrogen) atoms. The Balaban J connectivity index is 1.70. The molecule has 4 heteroatoms. The number of fused-ring (bicyclic) bond motifs is 1. The second-order valence-corrected chi connectivity index (χ2v) is 7.73. The van der Waals surface area contributed by atoms with E-state index in [0.717, 1.165) is 27.8 Å².